The van der Waals surface area contributed by atoms with Crippen LogP contribution in [0.5, 0.6) is 0 Å². The molecule has 0 aromatic rings. The topological polar surface area (TPSA) is 87.2 Å². The third-order valence-corrected chi connectivity index (χ3v) is 4.15. The number of carbonyl (C=O) groups excluding carboxylic acids is 3. The van der Waals surface area contributed by atoms with E-state index >= 15 is 0 Å². The van der Waals surface area contributed by atoms with Crippen molar-refractivity contribution in [3.8, 4) is 0 Å². The van der Waals surface area contributed by atoms with E-state index < -0.39 is 34.8 Å². The molecule has 2 fully saturated rings. The van der Waals surface area contributed by atoms with E-state index in [-0.39, 0.29) is 12.8 Å². The van der Waals surface area contributed by atoms with Crippen LogP contribution >= 0.6 is 0 Å². The van der Waals surface area contributed by atoms with Crippen LogP contribution < -0.4 is 0 Å². The van der Waals surface area contributed by atoms with Crippen molar-refractivity contribution in [2.75, 3.05) is 0 Å². The quantitative estimate of drug-likeness (QED) is 0.757. The number of hydroxylamine groups is 4. The molecule has 0 aromatic heterocycles. The Balaban J connectivity index is 2.14. The van der Waals surface area contributed by atoms with Gasteiger partial charge in [-0.3, -0.25) is 9.59 Å². The zero-order valence-corrected chi connectivity index (χ0v) is 12.2. The first-order chi connectivity index (χ1) is 9.07. The molecule has 2 amide bonds. The highest BCUT2D eigenvalue weighted by Gasteiger charge is 2.55. The monoisotopic (exact) mass is 284 g/mol. The Hall–Kier alpha value is -1.47. The lowest BCUT2D eigenvalue weighted by molar-refractivity contribution is -0.213. The molecule has 0 radical (unpaired) electrons. The predicted molar refractivity (Wildman–Crippen MR) is 67.1 cm³/mol. The van der Waals surface area contributed by atoms with E-state index in [1.807, 2.05) is 13.8 Å². The predicted octanol–water partition coefficient (Wildman–Crippen LogP) is 0.862. The summed E-state index contributed by atoms with van der Waals surface area (Å²) in [4.78, 5) is 40.1. The summed E-state index contributed by atoms with van der Waals surface area (Å²) in [5, 5.41) is 11.8. The Morgan fingerprint density at radius 1 is 1.20 bits per heavy atom. The van der Waals surface area contributed by atoms with E-state index in [0.717, 1.165) is 5.06 Å². The number of nitrogens with zero attached hydrogens (tertiary/aromatic N) is 2. The summed E-state index contributed by atoms with van der Waals surface area (Å²) in [6, 6.07) is 0. The van der Waals surface area contributed by atoms with Crippen molar-refractivity contribution in [2.24, 2.45) is 5.92 Å². The molecule has 0 saturated carbocycles. The molecule has 2 heterocycles. The number of rotatable bonds is 2. The molecule has 1 N–H and O–H groups in total. The van der Waals surface area contributed by atoms with Crippen LogP contribution in [-0.2, 0) is 19.2 Å². The molecule has 2 rings (SSSR count). The highest BCUT2D eigenvalue weighted by Crippen LogP contribution is 2.44. The molecule has 2 aliphatic heterocycles. The minimum atomic E-state index is -0.827. The van der Waals surface area contributed by atoms with Gasteiger partial charge in [-0.1, -0.05) is 0 Å². The second-order valence-electron chi connectivity index (χ2n) is 6.53. The van der Waals surface area contributed by atoms with Crippen LogP contribution in [0.1, 0.15) is 47.0 Å². The molecule has 2 aliphatic rings. The molecule has 7 nitrogen and oxygen atoms in total. The number of hydrogen-bond donors (Lipinski definition) is 1. The Bertz CT molecular complexity index is 455. The Kier molecular flexibility index (Phi) is 3.38. The van der Waals surface area contributed by atoms with E-state index in [1.165, 1.54) is 0 Å². The first-order valence-electron chi connectivity index (χ1n) is 6.64. The second-order valence-corrected chi connectivity index (χ2v) is 6.53. The van der Waals surface area contributed by atoms with Crippen LogP contribution in [0.2, 0.25) is 0 Å². The molecule has 1 atom stereocenters. The van der Waals surface area contributed by atoms with Gasteiger partial charge in [-0.25, -0.2) is 4.79 Å². The summed E-state index contributed by atoms with van der Waals surface area (Å²) in [5.41, 5.74) is -1.40. The van der Waals surface area contributed by atoms with Crippen LogP contribution in [0.4, 0.5) is 0 Å². The van der Waals surface area contributed by atoms with Crippen molar-refractivity contribution >= 4 is 17.8 Å². The molecule has 0 aliphatic carbocycles. The zero-order chi connectivity index (χ0) is 15.3. The number of hydrogen-bond acceptors (Lipinski definition) is 6. The molecule has 0 spiro atoms. The standard InChI is InChI=1S/C13H20N2O5/c1-12(2)7-8(13(3,4)15(12)19)11(18)20-14-9(16)5-6-10(14)17/h8,19H,5-7H2,1-4H3/t8-/m0/s1. The summed E-state index contributed by atoms with van der Waals surface area (Å²) < 4.78 is 0. The van der Waals surface area contributed by atoms with Crippen molar-refractivity contribution in [3.05, 3.63) is 0 Å². The number of imide groups is 1. The van der Waals surface area contributed by atoms with Gasteiger partial charge in [0.2, 0.25) is 0 Å². The fourth-order valence-electron chi connectivity index (χ4n) is 2.95. The Morgan fingerprint density at radius 2 is 1.70 bits per heavy atom. The van der Waals surface area contributed by atoms with Gasteiger partial charge in [-0.05, 0) is 34.1 Å². The van der Waals surface area contributed by atoms with Gasteiger partial charge in [0.25, 0.3) is 11.8 Å². The van der Waals surface area contributed by atoms with E-state index in [9.17, 15) is 19.6 Å². The summed E-state index contributed by atoms with van der Waals surface area (Å²) >= 11 is 0. The average Bonchev–Trinajstić information content (AvgIpc) is 2.73. The maximum absolute atomic E-state index is 12.2. The van der Waals surface area contributed by atoms with Crippen LogP contribution in [0, 0.1) is 5.92 Å². The van der Waals surface area contributed by atoms with Gasteiger partial charge in [0.05, 0.1) is 11.5 Å². The normalized spacial score (nSPS) is 29.1. The maximum Gasteiger partial charge on any atom is 0.338 e. The molecule has 0 unspecified atom stereocenters. The van der Waals surface area contributed by atoms with E-state index in [0.29, 0.717) is 11.5 Å². The minimum absolute atomic E-state index is 0.0673. The first-order valence-corrected chi connectivity index (χ1v) is 6.64. The van der Waals surface area contributed by atoms with Crippen molar-refractivity contribution in [1.82, 2.24) is 10.1 Å². The van der Waals surface area contributed by atoms with E-state index in [2.05, 4.69) is 0 Å². The second kappa shape index (κ2) is 4.53. The maximum atomic E-state index is 12.2. The fraction of sp³-hybridized carbons (Fsp3) is 0.769. The first kappa shape index (κ1) is 14.9. The summed E-state index contributed by atoms with van der Waals surface area (Å²) in [6.07, 6.45) is 0.515. The molecular formula is C13H20N2O5. The smallest absolute Gasteiger partial charge is 0.330 e. The zero-order valence-electron chi connectivity index (χ0n) is 12.2. The van der Waals surface area contributed by atoms with E-state index in [1.54, 1.807) is 13.8 Å². The SMILES string of the molecule is CC1(C)C[C@@H](C(=O)ON2C(=O)CCC2=O)C(C)(C)N1O. The molecule has 0 aromatic carbocycles. The molecule has 112 valence electrons. The summed E-state index contributed by atoms with van der Waals surface area (Å²) in [6.45, 7) is 7.07. The van der Waals surface area contributed by atoms with Gasteiger partial charge in [0, 0.05) is 18.4 Å². The van der Waals surface area contributed by atoms with Crippen LogP contribution in [0.3, 0.4) is 0 Å². The van der Waals surface area contributed by atoms with Gasteiger partial charge in [-0.15, -0.1) is 5.06 Å². The third-order valence-electron chi connectivity index (χ3n) is 4.15. The van der Waals surface area contributed by atoms with Gasteiger partial charge in [0.1, 0.15) is 0 Å². The van der Waals surface area contributed by atoms with Crippen LogP contribution in [0.25, 0.3) is 0 Å². The van der Waals surface area contributed by atoms with Crippen LogP contribution in [0.15, 0.2) is 0 Å². The van der Waals surface area contributed by atoms with E-state index in [4.69, 9.17) is 4.84 Å². The molecule has 7 heteroatoms. The third kappa shape index (κ3) is 2.20. The molecule has 0 bridgehead atoms. The Morgan fingerprint density at radius 3 is 2.10 bits per heavy atom. The average molecular weight is 284 g/mol. The lowest BCUT2D eigenvalue weighted by atomic mass is 9.87. The van der Waals surface area contributed by atoms with Gasteiger partial charge < -0.3 is 10.0 Å². The van der Waals surface area contributed by atoms with Gasteiger partial charge >= 0.3 is 5.97 Å². The van der Waals surface area contributed by atoms with Crippen molar-refractivity contribution in [3.63, 3.8) is 0 Å². The van der Waals surface area contributed by atoms with Crippen LogP contribution in [-0.4, -0.2) is 44.2 Å². The van der Waals surface area contributed by atoms with Gasteiger partial charge in [-0.2, -0.15) is 5.06 Å². The highest BCUT2D eigenvalue weighted by atomic mass is 16.7. The van der Waals surface area contributed by atoms with Gasteiger partial charge in [0.15, 0.2) is 0 Å². The molecule has 2 saturated heterocycles. The van der Waals surface area contributed by atoms with Crippen molar-refractivity contribution in [1.29, 1.82) is 0 Å². The van der Waals surface area contributed by atoms with Crippen molar-refractivity contribution < 1.29 is 24.4 Å². The summed E-state index contributed by atoms with van der Waals surface area (Å²) in [5.74, 6) is -2.29. The summed E-state index contributed by atoms with van der Waals surface area (Å²) in [7, 11) is 0. The minimum Gasteiger partial charge on any atom is -0.330 e. The largest absolute Gasteiger partial charge is 0.338 e. The fourth-order valence-corrected chi connectivity index (χ4v) is 2.95. The lowest BCUT2D eigenvalue weighted by Crippen LogP contribution is -2.49. The Labute approximate surface area is 117 Å². The number of amides is 2. The number of carbonyl (C=O) groups is 3. The highest BCUT2D eigenvalue weighted by molar-refractivity contribution is 6.01. The molecule has 20 heavy (non-hydrogen) atoms. The lowest BCUT2D eigenvalue weighted by Gasteiger charge is -2.35. The molecular weight excluding hydrogens is 264 g/mol. The van der Waals surface area contributed by atoms with Crippen molar-refractivity contribution in [2.45, 2.75) is 58.0 Å².